The van der Waals surface area contributed by atoms with Crippen molar-refractivity contribution in [1.29, 1.82) is 0 Å². The van der Waals surface area contributed by atoms with E-state index in [9.17, 15) is 19.7 Å². The van der Waals surface area contributed by atoms with Crippen molar-refractivity contribution in [3.63, 3.8) is 0 Å². The number of nitrogens with one attached hydrogen (secondary N) is 1. The summed E-state index contributed by atoms with van der Waals surface area (Å²) < 4.78 is 9.67. The fraction of sp³-hybridized carbons (Fsp3) is 0.0833. The summed E-state index contributed by atoms with van der Waals surface area (Å²) in [5.41, 5.74) is 0. The van der Waals surface area contributed by atoms with Crippen LogP contribution < -0.4 is 5.32 Å². The van der Waals surface area contributed by atoms with Gasteiger partial charge in [-0.1, -0.05) is 0 Å². The van der Waals surface area contributed by atoms with Crippen LogP contribution >= 0.6 is 11.3 Å². The highest BCUT2D eigenvalue weighted by Gasteiger charge is 2.14. The highest BCUT2D eigenvalue weighted by Crippen LogP contribution is 2.24. The van der Waals surface area contributed by atoms with E-state index in [1.54, 1.807) is 12.1 Å². The lowest BCUT2D eigenvalue weighted by molar-refractivity contribution is -0.380. The van der Waals surface area contributed by atoms with Gasteiger partial charge in [0.1, 0.15) is 12.0 Å². The van der Waals surface area contributed by atoms with Gasteiger partial charge in [0.25, 0.3) is 5.91 Å². The van der Waals surface area contributed by atoms with Gasteiger partial charge in [-0.2, -0.15) is 0 Å². The molecule has 22 heavy (non-hydrogen) atoms. The van der Waals surface area contributed by atoms with Gasteiger partial charge in [-0.05, 0) is 29.5 Å². The predicted molar refractivity (Wildman–Crippen MR) is 76.1 cm³/mol. The van der Waals surface area contributed by atoms with E-state index in [0.29, 0.717) is 17.1 Å². The van der Waals surface area contributed by atoms with Gasteiger partial charge >= 0.3 is 11.0 Å². The van der Waals surface area contributed by atoms with Crippen LogP contribution in [0.4, 0.5) is 10.1 Å². The fourth-order valence-electron chi connectivity index (χ4n) is 1.28. The summed E-state index contributed by atoms with van der Waals surface area (Å²) in [6.45, 7) is -0.533. The SMILES string of the molecule is O=C(COC(=O)/C=C/c1ccco1)Nc1ncc([N+](=O)[O-])s1. The number of amides is 1. The number of nitrogens with zero attached hydrogens (tertiary/aromatic N) is 2. The fourth-order valence-corrected chi connectivity index (χ4v) is 1.93. The second-order valence-corrected chi connectivity index (χ2v) is 4.77. The van der Waals surface area contributed by atoms with E-state index < -0.39 is 23.4 Å². The number of hydrogen-bond acceptors (Lipinski definition) is 8. The second-order valence-electron chi connectivity index (χ2n) is 3.77. The van der Waals surface area contributed by atoms with Crippen LogP contribution in [0.2, 0.25) is 0 Å². The first-order valence-electron chi connectivity index (χ1n) is 5.83. The molecule has 2 rings (SSSR count). The first-order valence-corrected chi connectivity index (χ1v) is 6.64. The van der Waals surface area contributed by atoms with Crippen LogP contribution in [-0.2, 0) is 14.3 Å². The van der Waals surface area contributed by atoms with Crippen LogP contribution in [0, 0.1) is 10.1 Å². The second kappa shape index (κ2) is 7.13. The summed E-state index contributed by atoms with van der Waals surface area (Å²) in [7, 11) is 0. The molecule has 0 spiro atoms. The number of carbonyl (C=O) groups excluding carboxylic acids is 2. The molecule has 1 amide bonds. The number of nitro groups is 1. The normalized spacial score (nSPS) is 10.5. The summed E-state index contributed by atoms with van der Waals surface area (Å²) in [6, 6.07) is 3.30. The van der Waals surface area contributed by atoms with Crippen LogP contribution in [0.3, 0.4) is 0 Å². The lowest BCUT2D eigenvalue weighted by Crippen LogP contribution is -2.19. The van der Waals surface area contributed by atoms with Crippen molar-refractivity contribution in [2.24, 2.45) is 0 Å². The van der Waals surface area contributed by atoms with E-state index in [0.717, 1.165) is 12.3 Å². The molecular formula is C12H9N3O6S. The number of carbonyl (C=O) groups is 2. The van der Waals surface area contributed by atoms with Crippen molar-refractivity contribution in [3.8, 4) is 0 Å². The lowest BCUT2D eigenvalue weighted by Gasteiger charge is -2.01. The van der Waals surface area contributed by atoms with Crippen LogP contribution in [0.25, 0.3) is 6.08 Å². The number of rotatable bonds is 6. The maximum Gasteiger partial charge on any atom is 0.345 e. The third-order valence-electron chi connectivity index (χ3n) is 2.19. The molecule has 0 aliphatic heterocycles. The molecule has 0 aliphatic carbocycles. The number of thiazole rings is 1. The van der Waals surface area contributed by atoms with Crippen molar-refractivity contribution in [3.05, 3.63) is 46.5 Å². The van der Waals surface area contributed by atoms with Gasteiger partial charge in [-0.15, -0.1) is 0 Å². The molecule has 10 heteroatoms. The van der Waals surface area contributed by atoms with Crippen LogP contribution in [0.1, 0.15) is 5.76 Å². The van der Waals surface area contributed by atoms with Crippen molar-refractivity contribution >= 4 is 39.4 Å². The van der Waals surface area contributed by atoms with Crippen molar-refractivity contribution in [2.75, 3.05) is 11.9 Å². The Morgan fingerprint density at radius 2 is 2.36 bits per heavy atom. The van der Waals surface area contributed by atoms with Gasteiger partial charge in [0.2, 0.25) is 0 Å². The maximum atomic E-state index is 11.5. The molecule has 0 atom stereocenters. The Labute approximate surface area is 127 Å². The molecule has 2 aromatic rings. The zero-order chi connectivity index (χ0) is 15.9. The van der Waals surface area contributed by atoms with E-state index >= 15 is 0 Å². The molecule has 0 bridgehead atoms. The first-order chi connectivity index (χ1) is 10.5. The smallest absolute Gasteiger partial charge is 0.345 e. The standard InChI is InChI=1S/C12H9N3O6S/c16-9(14-12-13-6-10(22-12)15(18)19)7-21-11(17)4-3-8-2-1-5-20-8/h1-6H,7H2,(H,13,14,16)/b4-3+. The summed E-state index contributed by atoms with van der Waals surface area (Å²) in [5, 5.41) is 12.6. The molecule has 0 saturated carbocycles. The molecular weight excluding hydrogens is 314 g/mol. The Balaban J connectivity index is 1.77. The van der Waals surface area contributed by atoms with Crippen molar-refractivity contribution in [1.82, 2.24) is 4.98 Å². The van der Waals surface area contributed by atoms with E-state index in [1.807, 2.05) is 0 Å². The van der Waals surface area contributed by atoms with E-state index in [1.165, 1.54) is 12.3 Å². The predicted octanol–water partition coefficient (Wildman–Crippen LogP) is 1.84. The largest absolute Gasteiger partial charge is 0.465 e. The number of aromatic nitrogens is 1. The average molecular weight is 323 g/mol. The van der Waals surface area contributed by atoms with Crippen LogP contribution in [0.5, 0.6) is 0 Å². The van der Waals surface area contributed by atoms with E-state index in [-0.39, 0.29) is 10.1 Å². The molecule has 1 N–H and O–H groups in total. The monoisotopic (exact) mass is 323 g/mol. The number of furan rings is 1. The van der Waals surface area contributed by atoms with Crippen LogP contribution in [0.15, 0.2) is 35.1 Å². The summed E-state index contributed by atoms with van der Waals surface area (Å²) in [6.07, 6.45) is 4.98. The maximum absolute atomic E-state index is 11.5. The van der Waals surface area contributed by atoms with Gasteiger partial charge in [0.15, 0.2) is 11.7 Å². The number of esters is 1. The van der Waals surface area contributed by atoms with Gasteiger partial charge in [0.05, 0.1) is 11.2 Å². The zero-order valence-electron chi connectivity index (χ0n) is 10.9. The molecule has 0 radical (unpaired) electrons. The molecule has 0 saturated heterocycles. The van der Waals surface area contributed by atoms with Crippen molar-refractivity contribution < 1.29 is 23.7 Å². The first kappa shape index (κ1) is 15.4. The highest BCUT2D eigenvalue weighted by atomic mass is 32.1. The Kier molecular flexibility index (Phi) is 4.98. The number of hydrogen-bond donors (Lipinski definition) is 1. The minimum atomic E-state index is -0.725. The van der Waals surface area contributed by atoms with Gasteiger partial charge in [-0.25, -0.2) is 9.78 Å². The Morgan fingerprint density at radius 3 is 3.00 bits per heavy atom. The average Bonchev–Trinajstić information content (AvgIpc) is 3.14. The van der Waals surface area contributed by atoms with Crippen LogP contribution in [-0.4, -0.2) is 28.4 Å². The minimum Gasteiger partial charge on any atom is -0.465 e. The van der Waals surface area contributed by atoms with Crippen molar-refractivity contribution in [2.45, 2.75) is 0 Å². The minimum absolute atomic E-state index is 0.0545. The highest BCUT2D eigenvalue weighted by molar-refractivity contribution is 7.18. The summed E-state index contributed by atoms with van der Waals surface area (Å²) in [5.74, 6) is -0.905. The molecule has 114 valence electrons. The molecule has 2 aromatic heterocycles. The van der Waals surface area contributed by atoms with Gasteiger partial charge < -0.3 is 9.15 Å². The Morgan fingerprint density at radius 1 is 1.55 bits per heavy atom. The quantitative estimate of drug-likeness (QED) is 0.372. The van der Waals surface area contributed by atoms with Gasteiger partial charge in [-0.3, -0.25) is 20.2 Å². The molecule has 0 unspecified atom stereocenters. The Bertz CT molecular complexity index is 706. The zero-order valence-corrected chi connectivity index (χ0v) is 11.7. The molecule has 0 aromatic carbocycles. The van der Waals surface area contributed by atoms with Gasteiger partial charge in [0, 0.05) is 6.08 Å². The summed E-state index contributed by atoms with van der Waals surface area (Å²) in [4.78, 5) is 36.3. The number of anilines is 1. The lowest BCUT2D eigenvalue weighted by atomic mass is 10.4. The Hall–Kier alpha value is -3.01. The summed E-state index contributed by atoms with van der Waals surface area (Å²) >= 11 is 0.703. The number of ether oxygens (including phenoxy) is 1. The third kappa shape index (κ3) is 4.52. The van der Waals surface area contributed by atoms with E-state index in [4.69, 9.17) is 9.15 Å². The molecule has 9 nitrogen and oxygen atoms in total. The molecule has 0 fully saturated rings. The molecule has 2 heterocycles. The topological polar surface area (TPSA) is 125 Å². The molecule has 0 aliphatic rings. The third-order valence-corrected chi connectivity index (χ3v) is 3.06. The van der Waals surface area contributed by atoms with E-state index in [2.05, 4.69) is 10.3 Å².